The van der Waals surface area contributed by atoms with E-state index in [1.807, 2.05) is 6.07 Å². The number of nitrogens with zero attached hydrogens (tertiary/aromatic N) is 1. The molecule has 0 saturated heterocycles. The van der Waals surface area contributed by atoms with Gasteiger partial charge in [0, 0.05) is 24.7 Å². The highest BCUT2D eigenvalue weighted by Gasteiger charge is 2.16. The van der Waals surface area contributed by atoms with Crippen molar-refractivity contribution < 1.29 is 18.1 Å². The Bertz CT molecular complexity index is 903. The first-order valence-electron chi connectivity index (χ1n) is 7.52. The van der Waals surface area contributed by atoms with Crippen LogP contribution in [-0.2, 0) is 16.6 Å². The van der Waals surface area contributed by atoms with Gasteiger partial charge >= 0.3 is 0 Å². The monoisotopic (exact) mass is 441 g/mol. The third kappa shape index (κ3) is 5.90. The van der Waals surface area contributed by atoms with Gasteiger partial charge in [-0.1, -0.05) is 30.3 Å². The smallest absolute Gasteiger partial charge is 0.284 e. The van der Waals surface area contributed by atoms with E-state index in [0.717, 1.165) is 11.6 Å². The standard InChI is InChI=1S/C16H16BrN3O5S/c17-14-7-6-13(10-15(14)20(22)23)16(21)18-8-9-26(24,25)19-11-12-4-2-1-3-5-12/h1-7,10,19H,8-9,11H2,(H,18,21). The molecular formula is C16H16BrN3O5S. The summed E-state index contributed by atoms with van der Waals surface area (Å²) >= 11 is 3.03. The molecule has 0 radical (unpaired) electrons. The lowest BCUT2D eigenvalue weighted by atomic mass is 10.2. The fourth-order valence-electron chi connectivity index (χ4n) is 2.06. The van der Waals surface area contributed by atoms with Crippen molar-refractivity contribution in [3.8, 4) is 0 Å². The number of carbonyl (C=O) groups excluding carboxylic acids is 1. The van der Waals surface area contributed by atoms with E-state index in [2.05, 4.69) is 26.0 Å². The first kappa shape index (κ1) is 20.0. The first-order chi connectivity index (χ1) is 12.3. The number of hydrogen-bond acceptors (Lipinski definition) is 5. The lowest BCUT2D eigenvalue weighted by Gasteiger charge is -2.08. The molecule has 2 N–H and O–H groups in total. The summed E-state index contributed by atoms with van der Waals surface area (Å²) in [4.78, 5) is 22.3. The summed E-state index contributed by atoms with van der Waals surface area (Å²) in [5.74, 6) is -0.886. The molecule has 1 amide bonds. The maximum Gasteiger partial charge on any atom is 0.284 e. The number of benzene rings is 2. The topological polar surface area (TPSA) is 118 Å². The number of nitro benzene ring substituents is 1. The Morgan fingerprint density at radius 3 is 2.50 bits per heavy atom. The first-order valence-corrected chi connectivity index (χ1v) is 9.96. The average molecular weight is 442 g/mol. The molecule has 0 fully saturated rings. The van der Waals surface area contributed by atoms with Crippen molar-refractivity contribution in [3.63, 3.8) is 0 Å². The van der Waals surface area contributed by atoms with Gasteiger partial charge in [0.15, 0.2) is 0 Å². The molecule has 138 valence electrons. The van der Waals surface area contributed by atoms with Crippen molar-refractivity contribution in [1.29, 1.82) is 0 Å². The Morgan fingerprint density at radius 1 is 1.15 bits per heavy atom. The second-order valence-electron chi connectivity index (χ2n) is 5.30. The molecule has 0 aliphatic heterocycles. The minimum atomic E-state index is -3.57. The molecule has 8 nitrogen and oxygen atoms in total. The number of nitro groups is 1. The molecule has 2 rings (SSSR count). The molecule has 0 aromatic heterocycles. The molecule has 0 spiro atoms. The summed E-state index contributed by atoms with van der Waals surface area (Å²) in [7, 11) is -3.57. The van der Waals surface area contributed by atoms with Crippen LogP contribution in [0.3, 0.4) is 0 Å². The van der Waals surface area contributed by atoms with Gasteiger partial charge < -0.3 is 5.32 Å². The van der Waals surface area contributed by atoms with E-state index in [1.54, 1.807) is 24.3 Å². The Kier molecular flexibility index (Phi) is 6.83. The number of sulfonamides is 1. The maximum atomic E-state index is 12.0. The van der Waals surface area contributed by atoms with Crippen LogP contribution in [0.2, 0.25) is 0 Å². The van der Waals surface area contributed by atoms with E-state index in [4.69, 9.17) is 0 Å². The Morgan fingerprint density at radius 2 is 1.85 bits per heavy atom. The van der Waals surface area contributed by atoms with Crippen molar-refractivity contribution in [2.45, 2.75) is 6.54 Å². The Balaban J connectivity index is 1.87. The van der Waals surface area contributed by atoms with Gasteiger partial charge in [0.2, 0.25) is 10.0 Å². The zero-order chi connectivity index (χ0) is 19.2. The number of hydrogen-bond donors (Lipinski definition) is 2. The minimum absolute atomic E-state index is 0.0783. The van der Waals surface area contributed by atoms with E-state index in [0.29, 0.717) is 0 Å². The van der Waals surface area contributed by atoms with E-state index < -0.39 is 20.9 Å². The summed E-state index contributed by atoms with van der Waals surface area (Å²) in [5.41, 5.74) is 0.659. The van der Waals surface area contributed by atoms with Gasteiger partial charge in [-0.2, -0.15) is 0 Å². The molecule has 0 bridgehead atoms. The van der Waals surface area contributed by atoms with Crippen LogP contribution in [0, 0.1) is 10.1 Å². The third-order valence-electron chi connectivity index (χ3n) is 3.40. The van der Waals surface area contributed by atoms with E-state index in [1.165, 1.54) is 12.1 Å². The quantitative estimate of drug-likeness (QED) is 0.480. The van der Waals surface area contributed by atoms with Gasteiger partial charge in [-0.15, -0.1) is 0 Å². The second-order valence-corrected chi connectivity index (χ2v) is 8.09. The predicted octanol–water partition coefficient (Wildman–Crippen LogP) is 2.21. The van der Waals surface area contributed by atoms with Crippen LogP contribution < -0.4 is 10.0 Å². The highest BCUT2D eigenvalue weighted by Crippen LogP contribution is 2.25. The predicted molar refractivity (Wildman–Crippen MR) is 100 cm³/mol. The lowest BCUT2D eigenvalue weighted by Crippen LogP contribution is -2.34. The highest BCUT2D eigenvalue weighted by atomic mass is 79.9. The van der Waals surface area contributed by atoms with Crippen LogP contribution in [0.1, 0.15) is 15.9 Å². The fraction of sp³-hybridized carbons (Fsp3) is 0.188. The molecule has 2 aromatic rings. The van der Waals surface area contributed by atoms with Crippen LogP contribution in [0.4, 0.5) is 5.69 Å². The normalized spacial score (nSPS) is 11.1. The van der Waals surface area contributed by atoms with Crippen LogP contribution in [0.5, 0.6) is 0 Å². The van der Waals surface area contributed by atoms with Gasteiger partial charge in [0.05, 0.1) is 15.1 Å². The van der Waals surface area contributed by atoms with Crippen LogP contribution >= 0.6 is 15.9 Å². The largest absolute Gasteiger partial charge is 0.351 e. The molecule has 0 saturated carbocycles. The SMILES string of the molecule is O=C(NCCS(=O)(=O)NCc1ccccc1)c1ccc(Br)c([N+](=O)[O-])c1. The second kappa shape index (κ2) is 8.88. The zero-order valence-corrected chi connectivity index (χ0v) is 15.9. The van der Waals surface area contributed by atoms with Crippen molar-refractivity contribution in [2.75, 3.05) is 12.3 Å². The number of halogens is 1. The van der Waals surface area contributed by atoms with Crippen molar-refractivity contribution in [1.82, 2.24) is 10.0 Å². The molecule has 26 heavy (non-hydrogen) atoms. The van der Waals surface area contributed by atoms with Crippen molar-refractivity contribution >= 4 is 37.5 Å². The summed E-state index contributed by atoms with van der Waals surface area (Å²) < 4.78 is 26.6. The molecule has 0 aliphatic carbocycles. The molecule has 2 aromatic carbocycles. The van der Waals surface area contributed by atoms with Crippen molar-refractivity contribution in [2.24, 2.45) is 0 Å². The van der Waals surface area contributed by atoms with Crippen LogP contribution in [0.15, 0.2) is 53.0 Å². The molecule has 0 unspecified atom stereocenters. The van der Waals surface area contributed by atoms with Gasteiger partial charge in [-0.3, -0.25) is 14.9 Å². The van der Waals surface area contributed by atoms with Crippen molar-refractivity contribution in [3.05, 3.63) is 74.2 Å². The van der Waals surface area contributed by atoms with Crippen LogP contribution in [0.25, 0.3) is 0 Å². The molecule has 10 heteroatoms. The number of nitrogens with one attached hydrogen (secondary N) is 2. The molecule has 0 heterocycles. The number of rotatable bonds is 8. The summed E-state index contributed by atoms with van der Waals surface area (Å²) in [6.07, 6.45) is 0. The van der Waals surface area contributed by atoms with Gasteiger partial charge in [-0.25, -0.2) is 13.1 Å². The minimum Gasteiger partial charge on any atom is -0.351 e. The average Bonchev–Trinajstić information content (AvgIpc) is 2.61. The Labute approximate surface area is 158 Å². The molecule has 0 atom stereocenters. The maximum absolute atomic E-state index is 12.0. The summed E-state index contributed by atoms with van der Waals surface area (Å²) in [6, 6.07) is 13.0. The van der Waals surface area contributed by atoms with Gasteiger partial charge in [-0.05, 0) is 33.6 Å². The molecular weight excluding hydrogens is 426 g/mol. The van der Waals surface area contributed by atoms with Gasteiger partial charge in [0.25, 0.3) is 11.6 Å². The van der Waals surface area contributed by atoms with Crippen LogP contribution in [-0.4, -0.2) is 31.5 Å². The number of carbonyl (C=O) groups is 1. The van der Waals surface area contributed by atoms with E-state index in [9.17, 15) is 23.3 Å². The lowest BCUT2D eigenvalue weighted by molar-refractivity contribution is -0.385. The number of amides is 1. The molecule has 0 aliphatic rings. The highest BCUT2D eigenvalue weighted by molar-refractivity contribution is 9.10. The van der Waals surface area contributed by atoms with E-state index >= 15 is 0 Å². The Hall–Kier alpha value is -2.30. The van der Waals surface area contributed by atoms with Gasteiger partial charge in [0.1, 0.15) is 0 Å². The van der Waals surface area contributed by atoms with E-state index in [-0.39, 0.29) is 34.6 Å². The summed E-state index contributed by atoms with van der Waals surface area (Å²) in [6.45, 7) is 0.0445. The fourth-order valence-corrected chi connectivity index (χ4v) is 3.35. The third-order valence-corrected chi connectivity index (χ3v) is 5.40. The zero-order valence-electron chi connectivity index (χ0n) is 13.5. The summed E-state index contributed by atoms with van der Waals surface area (Å²) in [5, 5.41) is 13.3.